The summed E-state index contributed by atoms with van der Waals surface area (Å²) in [6, 6.07) is 1.90. The van der Waals surface area contributed by atoms with E-state index in [9.17, 15) is 0 Å². The maximum atomic E-state index is 5.62. The first-order valence-corrected chi connectivity index (χ1v) is 4.59. The van der Waals surface area contributed by atoms with Crippen molar-refractivity contribution in [2.45, 2.75) is 26.4 Å². The number of aryl methyl sites for hydroxylation is 1. The van der Waals surface area contributed by atoms with E-state index in [1.807, 2.05) is 20.0 Å². The van der Waals surface area contributed by atoms with Gasteiger partial charge < -0.3 is 10.1 Å². The van der Waals surface area contributed by atoms with Gasteiger partial charge in [0.15, 0.2) is 0 Å². The normalized spacial score (nSPS) is 12.8. The fraction of sp³-hybridized carbons (Fsp3) is 0.667. The molecular weight excluding hydrogens is 166 g/mol. The minimum Gasteiger partial charge on any atom is -0.472 e. The number of hydrogen-bond acceptors (Lipinski definition) is 3. The second-order valence-corrected chi connectivity index (χ2v) is 3.09. The van der Waals surface area contributed by atoms with Gasteiger partial charge in [-0.2, -0.15) is 0 Å². The average molecular weight is 183 g/mol. The largest absolute Gasteiger partial charge is 0.472 e. The summed E-state index contributed by atoms with van der Waals surface area (Å²) in [4.78, 5) is 0. The van der Waals surface area contributed by atoms with E-state index in [4.69, 9.17) is 4.74 Å². The van der Waals surface area contributed by atoms with Crippen LogP contribution in [-0.4, -0.2) is 29.9 Å². The van der Waals surface area contributed by atoms with E-state index in [-0.39, 0.29) is 6.10 Å². The monoisotopic (exact) mass is 183 g/mol. The van der Waals surface area contributed by atoms with E-state index in [0.717, 1.165) is 18.7 Å². The lowest BCUT2D eigenvalue weighted by molar-refractivity contribution is 0.188. The topological polar surface area (TPSA) is 49.9 Å². The molecular formula is C9H17N3O. The Kier molecular flexibility index (Phi) is 3.76. The fourth-order valence-corrected chi connectivity index (χ4v) is 1.12. The Bertz CT molecular complexity index is 247. The highest BCUT2D eigenvalue weighted by Crippen LogP contribution is 2.10. The third-order valence-corrected chi connectivity index (χ3v) is 1.86. The maximum Gasteiger partial charge on any atom is 0.233 e. The van der Waals surface area contributed by atoms with Gasteiger partial charge in [0.05, 0.1) is 0 Å². The molecule has 13 heavy (non-hydrogen) atoms. The highest BCUT2D eigenvalue weighted by Gasteiger charge is 2.08. The molecule has 1 aromatic rings. The van der Waals surface area contributed by atoms with Crippen molar-refractivity contribution in [2.75, 3.05) is 13.6 Å². The molecule has 1 rings (SSSR count). The number of aromatic nitrogens is 2. The first-order chi connectivity index (χ1) is 6.26. The van der Waals surface area contributed by atoms with Gasteiger partial charge in [-0.25, -0.2) is 0 Å². The van der Waals surface area contributed by atoms with Crippen LogP contribution >= 0.6 is 0 Å². The van der Waals surface area contributed by atoms with E-state index >= 15 is 0 Å². The van der Waals surface area contributed by atoms with Gasteiger partial charge in [-0.05, 0) is 20.4 Å². The summed E-state index contributed by atoms with van der Waals surface area (Å²) in [7, 11) is 1.92. The molecule has 1 aromatic heterocycles. The molecule has 0 aliphatic heterocycles. The maximum absolute atomic E-state index is 5.62. The van der Waals surface area contributed by atoms with Crippen LogP contribution in [0.5, 0.6) is 5.88 Å². The van der Waals surface area contributed by atoms with E-state index in [1.165, 1.54) is 0 Å². The van der Waals surface area contributed by atoms with E-state index < -0.39 is 0 Å². The molecule has 0 aliphatic carbocycles. The Morgan fingerprint density at radius 2 is 2.46 bits per heavy atom. The quantitative estimate of drug-likeness (QED) is 0.718. The van der Waals surface area contributed by atoms with Crippen molar-refractivity contribution in [3.05, 3.63) is 11.8 Å². The molecule has 4 nitrogen and oxygen atoms in total. The highest BCUT2D eigenvalue weighted by molar-refractivity contribution is 5.12. The summed E-state index contributed by atoms with van der Waals surface area (Å²) in [6.45, 7) is 4.91. The Hall–Kier alpha value is -1.03. The van der Waals surface area contributed by atoms with Crippen molar-refractivity contribution >= 4 is 0 Å². The van der Waals surface area contributed by atoms with E-state index in [1.54, 1.807) is 0 Å². The lowest BCUT2D eigenvalue weighted by Crippen LogP contribution is -2.28. The summed E-state index contributed by atoms with van der Waals surface area (Å²) in [5.41, 5.74) is 1.02. The van der Waals surface area contributed by atoms with Gasteiger partial charge in [0, 0.05) is 18.3 Å². The van der Waals surface area contributed by atoms with Crippen molar-refractivity contribution < 1.29 is 4.74 Å². The van der Waals surface area contributed by atoms with Crippen LogP contribution in [-0.2, 0) is 0 Å². The second kappa shape index (κ2) is 4.87. The zero-order chi connectivity index (χ0) is 9.68. The average Bonchev–Trinajstić information content (AvgIpc) is 2.50. The highest BCUT2D eigenvalue weighted by atomic mass is 16.5. The van der Waals surface area contributed by atoms with Gasteiger partial charge in [-0.1, -0.05) is 6.92 Å². The number of ether oxygens (including phenoxy) is 1. The molecule has 0 saturated carbocycles. The lowest BCUT2D eigenvalue weighted by Gasteiger charge is -2.14. The molecule has 0 aromatic carbocycles. The molecule has 1 heterocycles. The van der Waals surface area contributed by atoms with Gasteiger partial charge >= 0.3 is 0 Å². The molecule has 0 saturated heterocycles. The van der Waals surface area contributed by atoms with E-state index in [0.29, 0.717) is 5.88 Å². The van der Waals surface area contributed by atoms with Gasteiger partial charge in [0.1, 0.15) is 6.10 Å². The SMILES string of the molecule is CCC(CNC)Oc1cc(C)[nH]n1. The van der Waals surface area contributed by atoms with Crippen molar-refractivity contribution in [2.24, 2.45) is 0 Å². The number of aromatic amines is 1. The molecule has 0 amide bonds. The third kappa shape index (κ3) is 3.06. The number of nitrogens with one attached hydrogen (secondary N) is 2. The number of rotatable bonds is 5. The molecule has 1 unspecified atom stereocenters. The standard InChI is InChI=1S/C9H17N3O/c1-4-8(6-10-3)13-9-5-7(2)11-12-9/h5,8,10H,4,6H2,1-3H3,(H,11,12). The van der Waals surface area contributed by atoms with Gasteiger partial charge in [0.2, 0.25) is 5.88 Å². The van der Waals surface area contributed by atoms with Crippen LogP contribution in [0.4, 0.5) is 0 Å². The first-order valence-electron chi connectivity index (χ1n) is 4.59. The molecule has 1 atom stereocenters. The molecule has 0 bridgehead atoms. The minimum absolute atomic E-state index is 0.202. The van der Waals surface area contributed by atoms with Crippen LogP contribution in [0.2, 0.25) is 0 Å². The van der Waals surface area contributed by atoms with Crippen LogP contribution in [0.1, 0.15) is 19.0 Å². The Balaban J connectivity index is 2.46. The molecule has 2 N–H and O–H groups in total. The summed E-state index contributed by atoms with van der Waals surface area (Å²) >= 11 is 0. The smallest absolute Gasteiger partial charge is 0.233 e. The predicted molar refractivity (Wildman–Crippen MR) is 52.0 cm³/mol. The first kappa shape index (κ1) is 10.1. The second-order valence-electron chi connectivity index (χ2n) is 3.09. The number of nitrogens with zero attached hydrogens (tertiary/aromatic N) is 1. The molecule has 0 radical (unpaired) electrons. The zero-order valence-electron chi connectivity index (χ0n) is 8.42. The molecule has 4 heteroatoms. The molecule has 0 aliphatic rings. The third-order valence-electron chi connectivity index (χ3n) is 1.86. The zero-order valence-corrected chi connectivity index (χ0v) is 8.42. The minimum atomic E-state index is 0.202. The molecule has 0 fully saturated rings. The molecule has 0 spiro atoms. The van der Waals surface area contributed by atoms with Crippen molar-refractivity contribution in [3.8, 4) is 5.88 Å². The Labute approximate surface area is 78.7 Å². The summed E-state index contributed by atoms with van der Waals surface area (Å²) in [6.07, 6.45) is 1.18. The lowest BCUT2D eigenvalue weighted by atomic mass is 10.3. The Morgan fingerprint density at radius 3 is 2.92 bits per heavy atom. The Morgan fingerprint density at radius 1 is 1.69 bits per heavy atom. The number of likely N-dealkylation sites (N-methyl/N-ethyl adjacent to an activating group) is 1. The number of H-pyrrole nitrogens is 1. The van der Waals surface area contributed by atoms with Crippen molar-refractivity contribution in [3.63, 3.8) is 0 Å². The predicted octanol–water partition coefficient (Wildman–Crippen LogP) is 1.09. The summed E-state index contributed by atoms with van der Waals surface area (Å²) in [5, 5.41) is 9.94. The van der Waals surface area contributed by atoms with Crippen LogP contribution in [0.25, 0.3) is 0 Å². The van der Waals surface area contributed by atoms with Crippen molar-refractivity contribution in [1.29, 1.82) is 0 Å². The fourth-order valence-electron chi connectivity index (χ4n) is 1.12. The van der Waals surface area contributed by atoms with Gasteiger partial charge in [-0.3, -0.25) is 5.10 Å². The van der Waals surface area contributed by atoms with Crippen LogP contribution < -0.4 is 10.1 Å². The van der Waals surface area contributed by atoms with Crippen LogP contribution in [0.3, 0.4) is 0 Å². The summed E-state index contributed by atoms with van der Waals surface area (Å²) < 4.78 is 5.62. The summed E-state index contributed by atoms with van der Waals surface area (Å²) in [5.74, 6) is 0.680. The van der Waals surface area contributed by atoms with E-state index in [2.05, 4.69) is 22.4 Å². The van der Waals surface area contributed by atoms with Crippen LogP contribution in [0.15, 0.2) is 6.07 Å². The number of hydrogen-bond donors (Lipinski definition) is 2. The van der Waals surface area contributed by atoms with Crippen molar-refractivity contribution in [1.82, 2.24) is 15.5 Å². The molecule has 74 valence electrons. The van der Waals surface area contributed by atoms with Crippen LogP contribution in [0, 0.1) is 6.92 Å². The van der Waals surface area contributed by atoms with Gasteiger partial charge in [-0.15, -0.1) is 5.10 Å². The van der Waals surface area contributed by atoms with Gasteiger partial charge in [0.25, 0.3) is 0 Å².